The Morgan fingerprint density at radius 1 is 0.963 bits per heavy atom. The monoisotopic (exact) mass is 383 g/mol. The van der Waals surface area contributed by atoms with Crippen molar-refractivity contribution in [3.63, 3.8) is 0 Å². The maximum atomic E-state index is 12.1. The van der Waals surface area contributed by atoms with Crippen LogP contribution in [0.15, 0.2) is 12.2 Å². The molecule has 0 aliphatic heterocycles. The number of nitrogens with one attached hydrogen (secondary N) is 1. The maximum Gasteiger partial charge on any atom is 0.332 e. The predicted molar refractivity (Wildman–Crippen MR) is 100 cm³/mol. The molecule has 1 N–H and O–H groups in total. The molecule has 0 aromatic rings. The third-order valence-corrected chi connectivity index (χ3v) is 4.55. The summed E-state index contributed by atoms with van der Waals surface area (Å²) in [5.74, 6) is 0.946. The summed E-state index contributed by atoms with van der Waals surface area (Å²) in [6, 6.07) is 0. The molecule has 1 fully saturated rings. The Morgan fingerprint density at radius 2 is 1.63 bits per heavy atom. The number of allylic oxidation sites excluding steroid dienone is 2. The zero-order valence-corrected chi connectivity index (χ0v) is 16.7. The molecule has 3 unspecified atom stereocenters. The third kappa shape index (κ3) is 8.41. The molecular formula is C20H33NO6. The quantitative estimate of drug-likeness (QED) is 0.314. The summed E-state index contributed by atoms with van der Waals surface area (Å²) in [5, 5.41) is 2.95. The van der Waals surface area contributed by atoms with Gasteiger partial charge in [-0.2, -0.15) is 0 Å². The maximum absolute atomic E-state index is 12.1. The van der Waals surface area contributed by atoms with E-state index in [1.54, 1.807) is 0 Å². The first-order valence-electron chi connectivity index (χ1n) is 9.76. The van der Waals surface area contributed by atoms with Crippen molar-refractivity contribution in [2.24, 2.45) is 17.8 Å². The highest BCUT2D eigenvalue weighted by molar-refractivity contribution is 5.79. The predicted octanol–water partition coefficient (Wildman–Crippen LogP) is 1.71. The molecule has 7 nitrogen and oxygen atoms in total. The molecule has 0 spiro atoms. The first-order valence-corrected chi connectivity index (χ1v) is 9.76. The molecule has 0 saturated heterocycles. The van der Waals surface area contributed by atoms with Gasteiger partial charge in [0.1, 0.15) is 12.2 Å². The fourth-order valence-electron chi connectivity index (χ4n) is 3.43. The van der Waals surface area contributed by atoms with E-state index in [2.05, 4.69) is 17.5 Å². The number of carbonyl (C=O) groups excluding carboxylic acids is 2. The number of hydrogen-bond acceptors (Lipinski definition) is 6. The van der Waals surface area contributed by atoms with Gasteiger partial charge in [0.25, 0.3) is 0 Å². The van der Waals surface area contributed by atoms with E-state index in [1.165, 1.54) is 0 Å². The van der Waals surface area contributed by atoms with Gasteiger partial charge in [-0.1, -0.05) is 12.2 Å². The van der Waals surface area contributed by atoms with Gasteiger partial charge in [-0.3, -0.25) is 4.79 Å². The van der Waals surface area contributed by atoms with Crippen LogP contribution in [0.25, 0.3) is 0 Å². The minimum atomic E-state index is -0.498. The van der Waals surface area contributed by atoms with Crippen molar-refractivity contribution >= 4 is 11.9 Å². The number of esters is 1. The second-order valence-electron chi connectivity index (χ2n) is 8.04. The van der Waals surface area contributed by atoms with Crippen LogP contribution in [0.1, 0.15) is 33.6 Å². The highest BCUT2D eigenvalue weighted by atomic mass is 16.6. The van der Waals surface area contributed by atoms with Crippen molar-refractivity contribution in [1.29, 1.82) is 0 Å². The standard InChI is InChI=1S/C20H33NO6/c1-20(2,3)27-18(22)14-26-11-10-25-9-8-24-7-6-21-19(23)17-13-15-4-5-16(17)12-15/h4-5,15-17H,6-14H2,1-3H3,(H,21,23). The molecule has 154 valence electrons. The third-order valence-electron chi connectivity index (χ3n) is 4.55. The lowest BCUT2D eigenvalue weighted by atomic mass is 9.93. The zero-order chi connectivity index (χ0) is 19.7. The van der Waals surface area contributed by atoms with E-state index < -0.39 is 5.60 Å². The minimum Gasteiger partial charge on any atom is -0.458 e. The van der Waals surface area contributed by atoms with Crippen LogP contribution in [0, 0.1) is 17.8 Å². The Bertz CT molecular complexity index is 513. The van der Waals surface area contributed by atoms with E-state index in [1.807, 2.05) is 20.8 Å². The zero-order valence-electron chi connectivity index (χ0n) is 16.7. The molecule has 2 bridgehead atoms. The van der Waals surface area contributed by atoms with Crippen LogP contribution >= 0.6 is 0 Å². The van der Waals surface area contributed by atoms with Crippen molar-refractivity contribution in [2.45, 2.75) is 39.2 Å². The van der Waals surface area contributed by atoms with Crippen molar-refractivity contribution in [3.8, 4) is 0 Å². The first kappa shape index (κ1) is 21.9. The number of ether oxygens (including phenoxy) is 4. The highest BCUT2D eigenvalue weighted by Crippen LogP contribution is 2.43. The van der Waals surface area contributed by atoms with Crippen LogP contribution in [0.5, 0.6) is 0 Å². The Morgan fingerprint density at radius 3 is 2.22 bits per heavy atom. The van der Waals surface area contributed by atoms with Crippen LogP contribution in [-0.4, -0.2) is 63.7 Å². The molecule has 1 amide bonds. The van der Waals surface area contributed by atoms with Gasteiger partial charge in [0.2, 0.25) is 5.91 Å². The normalized spacial score (nSPS) is 23.6. The summed E-state index contributed by atoms with van der Waals surface area (Å²) in [5.41, 5.74) is -0.498. The summed E-state index contributed by atoms with van der Waals surface area (Å²) < 4.78 is 21.1. The summed E-state index contributed by atoms with van der Waals surface area (Å²) in [4.78, 5) is 23.5. The molecule has 7 heteroatoms. The minimum absolute atomic E-state index is 0.0742. The van der Waals surface area contributed by atoms with Gasteiger partial charge in [-0.25, -0.2) is 4.79 Å². The van der Waals surface area contributed by atoms with E-state index in [9.17, 15) is 9.59 Å². The highest BCUT2D eigenvalue weighted by Gasteiger charge is 2.39. The van der Waals surface area contributed by atoms with E-state index in [0.717, 1.165) is 12.8 Å². The lowest BCUT2D eigenvalue weighted by Crippen LogP contribution is -2.35. The van der Waals surface area contributed by atoms with Crippen LogP contribution in [0.2, 0.25) is 0 Å². The lowest BCUT2D eigenvalue weighted by molar-refractivity contribution is -0.160. The van der Waals surface area contributed by atoms with E-state index in [4.69, 9.17) is 18.9 Å². The largest absolute Gasteiger partial charge is 0.458 e. The first-order chi connectivity index (χ1) is 12.8. The summed E-state index contributed by atoms with van der Waals surface area (Å²) >= 11 is 0. The number of rotatable bonds is 12. The molecule has 0 heterocycles. The van der Waals surface area contributed by atoms with Gasteiger partial charge in [0.05, 0.1) is 33.0 Å². The summed E-state index contributed by atoms with van der Waals surface area (Å²) in [6.07, 6.45) is 6.54. The molecular weight excluding hydrogens is 350 g/mol. The molecule has 2 rings (SSSR count). The van der Waals surface area contributed by atoms with Crippen molar-refractivity contribution in [2.75, 3.05) is 46.2 Å². The number of hydrogen-bond donors (Lipinski definition) is 1. The van der Waals surface area contributed by atoms with E-state index >= 15 is 0 Å². The van der Waals surface area contributed by atoms with Crippen LogP contribution in [0.3, 0.4) is 0 Å². The number of carbonyl (C=O) groups is 2. The van der Waals surface area contributed by atoms with Gasteiger partial charge in [-0.05, 0) is 45.4 Å². The summed E-state index contributed by atoms with van der Waals surface area (Å²) in [7, 11) is 0. The van der Waals surface area contributed by atoms with Crippen LogP contribution in [-0.2, 0) is 28.5 Å². The second kappa shape index (κ2) is 10.8. The number of amides is 1. The van der Waals surface area contributed by atoms with Gasteiger partial charge in [0.15, 0.2) is 0 Å². The number of fused-ring (bicyclic) bond motifs is 2. The molecule has 0 radical (unpaired) electrons. The molecule has 2 aliphatic carbocycles. The molecule has 0 aromatic heterocycles. The van der Waals surface area contributed by atoms with Crippen LogP contribution < -0.4 is 5.32 Å². The van der Waals surface area contributed by atoms with Gasteiger partial charge in [0, 0.05) is 12.5 Å². The fourth-order valence-corrected chi connectivity index (χ4v) is 3.43. The Hall–Kier alpha value is -1.44. The van der Waals surface area contributed by atoms with Crippen molar-refractivity contribution in [1.82, 2.24) is 5.32 Å². The van der Waals surface area contributed by atoms with E-state index in [0.29, 0.717) is 51.4 Å². The Kier molecular flexibility index (Phi) is 8.73. The molecule has 27 heavy (non-hydrogen) atoms. The Labute approximate surface area is 161 Å². The average Bonchev–Trinajstić information content (AvgIpc) is 3.21. The SMILES string of the molecule is CC(C)(C)OC(=O)COCCOCCOCCNC(=O)C1CC2C=CC1C2. The second-order valence-corrected chi connectivity index (χ2v) is 8.04. The Balaban J connectivity index is 1.34. The summed E-state index contributed by atoms with van der Waals surface area (Å²) in [6.45, 7) is 7.98. The fraction of sp³-hybridized carbons (Fsp3) is 0.800. The molecule has 2 aliphatic rings. The molecule has 0 aromatic carbocycles. The van der Waals surface area contributed by atoms with Gasteiger partial charge >= 0.3 is 5.97 Å². The van der Waals surface area contributed by atoms with Gasteiger partial charge in [-0.15, -0.1) is 0 Å². The van der Waals surface area contributed by atoms with Gasteiger partial charge < -0.3 is 24.3 Å². The molecule has 3 atom stereocenters. The van der Waals surface area contributed by atoms with Crippen molar-refractivity contribution in [3.05, 3.63) is 12.2 Å². The topological polar surface area (TPSA) is 83.1 Å². The molecule has 1 saturated carbocycles. The smallest absolute Gasteiger partial charge is 0.332 e. The van der Waals surface area contributed by atoms with E-state index in [-0.39, 0.29) is 24.4 Å². The lowest BCUT2D eigenvalue weighted by Gasteiger charge is -2.19. The van der Waals surface area contributed by atoms with Crippen molar-refractivity contribution < 1.29 is 28.5 Å². The average molecular weight is 383 g/mol. The van der Waals surface area contributed by atoms with Crippen LogP contribution in [0.4, 0.5) is 0 Å².